The van der Waals surface area contributed by atoms with Crippen molar-refractivity contribution >= 4 is 0 Å². The number of ether oxygens (including phenoxy) is 1. The average Bonchev–Trinajstić information content (AvgIpc) is 2.17. The van der Waals surface area contributed by atoms with E-state index in [0.717, 1.165) is 26.2 Å². The zero-order chi connectivity index (χ0) is 11.3. The number of nitrogens with two attached hydrogens (primary N) is 1. The minimum absolute atomic E-state index is 0.0367. The fourth-order valence-corrected chi connectivity index (χ4v) is 1.98. The van der Waals surface area contributed by atoms with E-state index in [9.17, 15) is 0 Å². The van der Waals surface area contributed by atoms with Crippen LogP contribution in [0.2, 0.25) is 0 Å². The third-order valence-electron chi connectivity index (χ3n) is 2.67. The van der Waals surface area contributed by atoms with Gasteiger partial charge in [-0.15, -0.1) is 0 Å². The van der Waals surface area contributed by atoms with E-state index in [1.54, 1.807) is 0 Å². The molecule has 3 nitrogen and oxygen atoms in total. The summed E-state index contributed by atoms with van der Waals surface area (Å²) in [7, 11) is 0. The van der Waals surface area contributed by atoms with Crippen molar-refractivity contribution in [1.82, 2.24) is 4.90 Å². The quantitative estimate of drug-likeness (QED) is 0.716. The first kappa shape index (κ1) is 12.7. The topological polar surface area (TPSA) is 38.5 Å². The summed E-state index contributed by atoms with van der Waals surface area (Å²) in [4.78, 5) is 2.44. The normalized spacial score (nSPS) is 24.9. The molecule has 1 rings (SSSR count). The highest BCUT2D eigenvalue weighted by molar-refractivity contribution is 5.03. The largest absolute Gasteiger partial charge is 0.374 e. The Bertz CT molecular complexity index is 210. The number of morpholine rings is 1. The van der Waals surface area contributed by atoms with E-state index >= 15 is 0 Å². The van der Waals surface area contributed by atoms with Crippen LogP contribution in [-0.4, -0.2) is 43.3 Å². The lowest BCUT2D eigenvalue weighted by molar-refractivity contribution is -0.0335. The summed E-state index contributed by atoms with van der Waals surface area (Å²) in [6.07, 6.45) is 3.46. The van der Waals surface area contributed by atoms with Crippen LogP contribution in [0, 0.1) is 0 Å². The second kappa shape index (κ2) is 6.26. The maximum absolute atomic E-state index is 6.08. The SMILES string of the molecule is CCCN1CCOC(C(N)C=C(C)C)C1. The zero-order valence-corrected chi connectivity index (χ0v) is 10.2. The van der Waals surface area contributed by atoms with Gasteiger partial charge in [0.05, 0.1) is 18.8 Å². The summed E-state index contributed by atoms with van der Waals surface area (Å²) in [5, 5.41) is 0. The molecule has 0 aromatic heterocycles. The van der Waals surface area contributed by atoms with Crippen LogP contribution in [0.15, 0.2) is 11.6 Å². The van der Waals surface area contributed by atoms with Gasteiger partial charge in [-0.1, -0.05) is 18.6 Å². The molecule has 0 radical (unpaired) electrons. The molecule has 0 bridgehead atoms. The number of hydrogen-bond acceptors (Lipinski definition) is 3. The molecule has 0 saturated carbocycles. The second-order valence-corrected chi connectivity index (χ2v) is 4.53. The number of nitrogens with zero attached hydrogens (tertiary/aromatic N) is 1. The van der Waals surface area contributed by atoms with Crippen molar-refractivity contribution in [1.29, 1.82) is 0 Å². The van der Waals surface area contributed by atoms with Crippen LogP contribution >= 0.6 is 0 Å². The van der Waals surface area contributed by atoms with Gasteiger partial charge < -0.3 is 10.5 Å². The van der Waals surface area contributed by atoms with Gasteiger partial charge in [-0.05, 0) is 26.8 Å². The van der Waals surface area contributed by atoms with Crippen molar-refractivity contribution in [3.05, 3.63) is 11.6 Å². The highest BCUT2D eigenvalue weighted by atomic mass is 16.5. The third kappa shape index (κ3) is 4.33. The van der Waals surface area contributed by atoms with Crippen LogP contribution < -0.4 is 5.73 Å². The van der Waals surface area contributed by atoms with Crippen molar-refractivity contribution in [2.24, 2.45) is 5.73 Å². The fraction of sp³-hybridized carbons (Fsp3) is 0.833. The van der Waals surface area contributed by atoms with Gasteiger partial charge in [0.15, 0.2) is 0 Å². The molecule has 1 aliphatic heterocycles. The first-order valence-electron chi connectivity index (χ1n) is 5.88. The van der Waals surface area contributed by atoms with Crippen LogP contribution in [0.5, 0.6) is 0 Å². The molecule has 2 atom stereocenters. The molecule has 1 aliphatic rings. The van der Waals surface area contributed by atoms with E-state index in [2.05, 4.69) is 31.7 Å². The van der Waals surface area contributed by atoms with Gasteiger partial charge in [0, 0.05) is 13.1 Å². The first-order valence-corrected chi connectivity index (χ1v) is 5.88. The van der Waals surface area contributed by atoms with Gasteiger partial charge in [-0.25, -0.2) is 0 Å². The first-order chi connectivity index (χ1) is 7.13. The van der Waals surface area contributed by atoms with Crippen molar-refractivity contribution in [2.45, 2.75) is 39.3 Å². The molecule has 1 saturated heterocycles. The fourth-order valence-electron chi connectivity index (χ4n) is 1.98. The van der Waals surface area contributed by atoms with E-state index in [1.807, 2.05) is 0 Å². The van der Waals surface area contributed by atoms with Gasteiger partial charge in [-0.2, -0.15) is 0 Å². The molecule has 1 heterocycles. The Labute approximate surface area is 93.3 Å². The molecule has 88 valence electrons. The Hall–Kier alpha value is -0.380. The third-order valence-corrected chi connectivity index (χ3v) is 2.67. The molecule has 3 heteroatoms. The van der Waals surface area contributed by atoms with Crippen LogP contribution in [-0.2, 0) is 4.74 Å². The Morgan fingerprint density at radius 1 is 1.60 bits per heavy atom. The van der Waals surface area contributed by atoms with E-state index in [0.29, 0.717) is 0 Å². The number of allylic oxidation sites excluding steroid dienone is 1. The second-order valence-electron chi connectivity index (χ2n) is 4.53. The van der Waals surface area contributed by atoms with E-state index < -0.39 is 0 Å². The molecule has 0 aromatic carbocycles. The Morgan fingerprint density at radius 3 is 2.93 bits per heavy atom. The number of rotatable bonds is 4. The molecule has 2 unspecified atom stereocenters. The molecule has 0 aliphatic carbocycles. The van der Waals surface area contributed by atoms with Crippen molar-refractivity contribution in [2.75, 3.05) is 26.2 Å². The molecule has 1 fully saturated rings. The highest BCUT2D eigenvalue weighted by Crippen LogP contribution is 2.10. The summed E-state index contributed by atoms with van der Waals surface area (Å²) in [6, 6.07) is 0.0367. The molecule has 15 heavy (non-hydrogen) atoms. The zero-order valence-electron chi connectivity index (χ0n) is 10.2. The van der Waals surface area contributed by atoms with Crippen molar-refractivity contribution < 1.29 is 4.74 Å². The van der Waals surface area contributed by atoms with Crippen LogP contribution in [0.1, 0.15) is 27.2 Å². The van der Waals surface area contributed by atoms with Gasteiger partial charge in [0.2, 0.25) is 0 Å². The summed E-state index contributed by atoms with van der Waals surface area (Å²) in [5.41, 5.74) is 7.34. The summed E-state index contributed by atoms with van der Waals surface area (Å²) in [6.45, 7) is 10.3. The highest BCUT2D eigenvalue weighted by Gasteiger charge is 2.23. The van der Waals surface area contributed by atoms with Crippen molar-refractivity contribution in [3.63, 3.8) is 0 Å². The van der Waals surface area contributed by atoms with E-state index in [1.165, 1.54) is 12.0 Å². The van der Waals surface area contributed by atoms with Crippen LogP contribution in [0.4, 0.5) is 0 Å². The van der Waals surface area contributed by atoms with Crippen LogP contribution in [0.25, 0.3) is 0 Å². The lowest BCUT2D eigenvalue weighted by Crippen LogP contribution is -2.50. The Balaban J connectivity index is 2.44. The van der Waals surface area contributed by atoms with E-state index in [-0.39, 0.29) is 12.1 Å². The van der Waals surface area contributed by atoms with E-state index in [4.69, 9.17) is 10.5 Å². The maximum atomic E-state index is 6.08. The smallest absolute Gasteiger partial charge is 0.0888 e. The minimum Gasteiger partial charge on any atom is -0.374 e. The molecular formula is C12H24N2O. The Kier molecular flexibility index (Phi) is 5.29. The van der Waals surface area contributed by atoms with Crippen LogP contribution in [0.3, 0.4) is 0 Å². The van der Waals surface area contributed by atoms with Crippen molar-refractivity contribution in [3.8, 4) is 0 Å². The number of hydrogen-bond donors (Lipinski definition) is 1. The summed E-state index contributed by atoms with van der Waals surface area (Å²) < 4.78 is 5.71. The lowest BCUT2D eigenvalue weighted by atomic mass is 10.1. The van der Waals surface area contributed by atoms with Gasteiger partial charge in [0.1, 0.15) is 0 Å². The maximum Gasteiger partial charge on any atom is 0.0888 e. The predicted molar refractivity (Wildman–Crippen MR) is 63.9 cm³/mol. The molecule has 0 aromatic rings. The summed E-state index contributed by atoms with van der Waals surface area (Å²) in [5.74, 6) is 0. The monoisotopic (exact) mass is 212 g/mol. The predicted octanol–water partition coefficient (Wildman–Crippen LogP) is 1.39. The molecule has 2 N–H and O–H groups in total. The molecule has 0 amide bonds. The standard InChI is InChI=1S/C12H24N2O/c1-4-5-14-6-7-15-12(9-14)11(13)8-10(2)3/h8,11-12H,4-7,9,13H2,1-3H3. The summed E-state index contributed by atoms with van der Waals surface area (Å²) >= 11 is 0. The van der Waals surface area contributed by atoms with Gasteiger partial charge in [0.25, 0.3) is 0 Å². The van der Waals surface area contributed by atoms with Gasteiger partial charge >= 0.3 is 0 Å². The average molecular weight is 212 g/mol. The minimum atomic E-state index is 0.0367. The molecular weight excluding hydrogens is 188 g/mol. The van der Waals surface area contributed by atoms with Gasteiger partial charge in [-0.3, -0.25) is 4.90 Å². The lowest BCUT2D eigenvalue weighted by Gasteiger charge is -2.34. The Morgan fingerprint density at radius 2 is 2.33 bits per heavy atom. The molecule has 0 spiro atoms.